The average molecular weight is 213 g/mol. The summed E-state index contributed by atoms with van der Waals surface area (Å²) in [5.74, 6) is 0.412. The van der Waals surface area contributed by atoms with Gasteiger partial charge in [-0.1, -0.05) is 0 Å². The van der Waals surface area contributed by atoms with Crippen molar-refractivity contribution in [2.75, 3.05) is 26.4 Å². The molecule has 4 heteroatoms. The van der Waals surface area contributed by atoms with Crippen LogP contribution in [0.3, 0.4) is 0 Å². The summed E-state index contributed by atoms with van der Waals surface area (Å²) >= 11 is 0. The van der Waals surface area contributed by atoms with Crippen LogP contribution in [0.2, 0.25) is 0 Å². The number of aliphatic hydroxyl groups is 1. The first kappa shape index (κ1) is 10.9. The smallest absolute Gasteiger partial charge is 0.223 e. The van der Waals surface area contributed by atoms with Gasteiger partial charge in [-0.3, -0.25) is 4.79 Å². The number of aliphatic hydroxyl groups excluding tert-OH is 1. The van der Waals surface area contributed by atoms with Crippen LogP contribution in [-0.2, 0) is 9.53 Å². The predicted octanol–water partition coefficient (Wildman–Crippen LogP) is 0.302. The van der Waals surface area contributed by atoms with E-state index in [1.54, 1.807) is 0 Å². The lowest BCUT2D eigenvalue weighted by atomic mass is 9.81. The molecule has 0 bridgehead atoms. The third-order valence-corrected chi connectivity index (χ3v) is 3.47. The summed E-state index contributed by atoms with van der Waals surface area (Å²) in [5.41, 5.74) is -0.136. The van der Waals surface area contributed by atoms with Crippen molar-refractivity contribution in [1.82, 2.24) is 5.32 Å². The Morgan fingerprint density at radius 2 is 2.07 bits per heavy atom. The van der Waals surface area contributed by atoms with Crippen LogP contribution < -0.4 is 5.32 Å². The van der Waals surface area contributed by atoms with Crippen LogP contribution >= 0.6 is 0 Å². The van der Waals surface area contributed by atoms with Gasteiger partial charge in [-0.2, -0.15) is 0 Å². The molecule has 2 aliphatic rings. The molecule has 0 atom stereocenters. The number of nitrogens with one attached hydrogen (secondary N) is 1. The van der Waals surface area contributed by atoms with Crippen molar-refractivity contribution in [1.29, 1.82) is 0 Å². The minimum absolute atomic E-state index is 0.136. The van der Waals surface area contributed by atoms with Gasteiger partial charge in [-0.05, 0) is 25.7 Å². The van der Waals surface area contributed by atoms with E-state index in [0.717, 1.165) is 25.7 Å². The van der Waals surface area contributed by atoms with Crippen LogP contribution in [-0.4, -0.2) is 37.4 Å². The van der Waals surface area contributed by atoms with Crippen molar-refractivity contribution in [3.05, 3.63) is 0 Å². The van der Waals surface area contributed by atoms with E-state index < -0.39 is 0 Å². The van der Waals surface area contributed by atoms with Gasteiger partial charge >= 0.3 is 0 Å². The maximum atomic E-state index is 11.5. The Morgan fingerprint density at radius 1 is 1.40 bits per heavy atom. The number of amides is 1. The highest BCUT2D eigenvalue weighted by atomic mass is 16.5. The van der Waals surface area contributed by atoms with E-state index in [-0.39, 0.29) is 23.8 Å². The molecule has 0 radical (unpaired) electrons. The van der Waals surface area contributed by atoms with Crippen molar-refractivity contribution >= 4 is 5.91 Å². The second-order valence-corrected chi connectivity index (χ2v) is 4.76. The summed E-state index contributed by atoms with van der Waals surface area (Å²) < 4.78 is 5.27. The number of ether oxygens (including phenoxy) is 1. The molecule has 1 aliphatic carbocycles. The fourth-order valence-electron chi connectivity index (χ4n) is 1.96. The molecule has 2 N–H and O–H groups in total. The zero-order chi connectivity index (χ0) is 10.7. The molecule has 0 aromatic heterocycles. The molecule has 1 heterocycles. The van der Waals surface area contributed by atoms with Crippen molar-refractivity contribution in [2.24, 2.45) is 11.3 Å². The fourth-order valence-corrected chi connectivity index (χ4v) is 1.96. The van der Waals surface area contributed by atoms with Gasteiger partial charge in [-0.25, -0.2) is 0 Å². The highest BCUT2D eigenvalue weighted by molar-refractivity contribution is 5.80. The Bertz CT molecular complexity index is 232. The molecule has 4 nitrogen and oxygen atoms in total. The van der Waals surface area contributed by atoms with Gasteiger partial charge in [0, 0.05) is 31.1 Å². The zero-order valence-corrected chi connectivity index (χ0v) is 9.00. The molecule has 1 saturated heterocycles. The molecule has 0 aromatic carbocycles. The summed E-state index contributed by atoms with van der Waals surface area (Å²) in [4.78, 5) is 11.5. The van der Waals surface area contributed by atoms with Crippen LogP contribution in [0.1, 0.15) is 25.7 Å². The Kier molecular flexibility index (Phi) is 3.26. The standard InChI is InChI=1S/C11H19NO3/c13-8-11(3-5-15-6-4-11)7-12-10(14)9-1-2-9/h9,13H,1-8H2,(H,12,14). The van der Waals surface area contributed by atoms with Crippen LogP contribution in [0, 0.1) is 11.3 Å². The van der Waals surface area contributed by atoms with E-state index in [4.69, 9.17) is 4.74 Å². The number of hydrogen-bond acceptors (Lipinski definition) is 3. The number of carbonyl (C=O) groups is 1. The summed E-state index contributed by atoms with van der Waals surface area (Å²) in [5, 5.41) is 12.4. The van der Waals surface area contributed by atoms with E-state index in [2.05, 4.69) is 5.32 Å². The molecular formula is C11H19NO3. The molecular weight excluding hydrogens is 194 g/mol. The van der Waals surface area contributed by atoms with E-state index in [0.29, 0.717) is 19.8 Å². The maximum absolute atomic E-state index is 11.5. The maximum Gasteiger partial charge on any atom is 0.223 e. The highest BCUT2D eigenvalue weighted by Gasteiger charge is 2.35. The first-order valence-electron chi connectivity index (χ1n) is 5.72. The first-order valence-corrected chi connectivity index (χ1v) is 5.72. The Hall–Kier alpha value is -0.610. The lowest BCUT2D eigenvalue weighted by Crippen LogP contribution is -2.44. The molecule has 0 spiro atoms. The predicted molar refractivity (Wildman–Crippen MR) is 55.3 cm³/mol. The lowest BCUT2D eigenvalue weighted by molar-refractivity contribution is -0.123. The summed E-state index contributed by atoms with van der Waals surface area (Å²) in [7, 11) is 0. The molecule has 15 heavy (non-hydrogen) atoms. The van der Waals surface area contributed by atoms with Crippen molar-refractivity contribution in [3.8, 4) is 0 Å². The Balaban J connectivity index is 1.80. The molecule has 0 aromatic rings. The van der Waals surface area contributed by atoms with Crippen LogP contribution in [0.15, 0.2) is 0 Å². The van der Waals surface area contributed by atoms with Crippen molar-refractivity contribution < 1.29 is 14.6 Å². The second kappa shape index (κ2) is 4.49. The second-order valence-electron chi connectivity index (χ2n) is 4.76. The average Bonchev–Trinajstić information content (AvgIpc) is 3.11. The Labute approximate surface area is 90.0 Å². The zero-order valence-electron chi connectivity index (χ0n) is 9.00. The molecule has 0 unspecified atom stereocenters. The van der Waals surface area contributed by atoms with Crippen molar-refractivity contribution in [3.63, 3.8) is 0 Å². The van der Waals surface area contributed by atoms with Crippen LogP contribution in [0.4, 0.5) is 0 Å². The van der Waals surface area contributed by atoms with E-state index in [1.807, 2.05) is 0 Å². The molecule has 1 amide bonds. The Morgan fingerprint density at radius 3 is 2.60 bits per heavy atom. The van der Waals surface area contributed by atoms with Gasteiger partial charge in [0.05, 0.1) is 6.61 Å². The van der Waals surface area contributed by atoms with Crippen LogP contribution in [0.5, 0.6) is 0 Å². The van der Waals surface area contributed by atoms with E-state index in [9.17, 15) is 9.90 Å². The molecule has 1 saturated carbocycles. The summed E-state index contributed by atoms with van der Waals surface area (Å²) in [6, 6.07) is 0. The molecule has 1 aliphatic heterocycles. The van der Waals surface area contributed by atoms with Crippen molar-refractivity contribution in [2.45, 2.75) is 25.7 Å². The largest absolute Gasteiger partial charge is 0.396 e. The minimum atomic E-state index is -0.136. The highest BCUT2D eigenvalue weighted by Crippen LogP contribution is 2.31. The summed E-state index contributed by atoms with van der Waals surface area (Å²) in [6.07, 6.45) is 3.74. The number of carbonyl (C=O) groups excluding carboxylic acids is 1. The van der Waals surface area contributed by atoms with Crippen LogP contribution in [0.25, 0.3) is 0 Å². The minimum Gasteiger partial charge on any atom is -0.396 e. The monoisotopic (exact) mass is 213 g/mol. The van der Waals surface area contributed by atoms with Gasteiger partial charge in [0.25, 0.3) is 0 Å². The quantitative estimate of drug-likeness (QED) is 0.706. The lowest BCUT2D eigenvalue weighted by Gasteiger charge is -2.35. The first-order chi connectivity index (χ1) is 7.26. The summed E-state index contributed by atoms with van der Waals surface area (Å²) in [6.45, 7) is 2.13. The number of hydrogen-bond donors (Lipinski definition) is 2. The number of rotatable bonds is 4. The molecule has 86 valence electrons. The van der Waals surface area contributed by atoms with Gasteiger partial charge in [0.15, 0.2) is 0 Å². The van der Waals surface area contributed by atoms with Gasteiger partial charge in [-0.15, -0.1) is 0 Å². The van der Waals surface area contributed by atoms with E-state index in [1.165, 1.54) is 0 Å². The molecule has 2 rings (SSSR count). The third-order valence-electron chi connectivity index (χ3n) is 3.47. The SMILES string of the molecule is O=C(NCC1(CO)CCOCC1)C1CC1. The molecule has 2 fully saturated rings. The van der Waals surface area contributed by atoms with Gasteiger partial charge < -0.3 is 15.2 Å². The normalized spacial score (nSPS) is 24.9. The van der Waals surface area contributed by atoms with Gasteiger partial charge in [0.2, 0.25) is 5.91 Å². The fraction of sp³-hybridized carbons (Fsp3) is 0.909. The van der Waals surface area contributed by atoms with E-state index >= 15 is 0 Å². The topological polar surface area (TPSA) is 58.6 Å². The van der Waals surface area contributed by atoms with Gasteiger partial charge in [0.1, 0.15) is 0 Å². The third kappa shape index (κ3) is 2.69.